The number of carboxylic acid groups (broad SMARTS) is 1. The Morgan fingerprint density at radius 3 is 2.67 bits per heavy atom. The number of amides is 1. The van der Waals surface area contributed by atoms with E-state index < -0.39 is 28.6 Å². The van der Waals surface area contributed by atoms with Crippen LogP contribution < -0.4 is 0 Å². The summed E-state index contributed by atoms with van der Waals surface area (Å²) in [4.78, 5) is 25.3. The van der Waals surface area contributed by atoms with Gasteiger partial charge in [0.2, 0.25) is 15.9 Å². The van der Waals surface area contributed by atoms with Gasteiger partial charge in [-0.3, -0.25) is 9.59 Å². The first-order valence-electron chi connectivity index (χ1n) is 8.68. The van der Waals surface area contributed by atoms with E-state index >= 15 is 0 Å². The molecule has 1 aromatic carbocycles. The second-order valence-corrected chi connectivity index (χ2v) is 8.87. The summed E-state index contributed by atoms with van der Waals surface area (Å²) in [5.41, 5.74) is 3.09. The SMILES string of the molecule is Cc1ccc(C)c(CC(=O)N2CCOC(CN(CC(=O)O)S(C)(=O)=O)C2)c1. The van der Waals surface area contributed by atoms with E-state index in [9.17, 15) is 18.0 Å². The summed E-state index contributed by atoms with van der Waals surface area (Å²) in [5, 5.41) is 8.92. The van der Waals surface area contributed by atoms with Gasteiger partial charge < -0.3 is 14.7 Å². The number of rotatable bonds is 7. The molecule has 0 radical (unpaired) electrons. The topological polar surface area (TPSA) is 104 Å². The molecule has 1 atom stereocenters. The van der Waals surface area contributed by atoms with Crippen molar-refractivity contribution in [2.24, 2.45) is 0 Å². The fourth-order valence-electron chi connectivity index (χ4n) is 3.02. The molecule has 1 unspecified atom stereocenters. The Bertz CT molecular complexity index is 808. The van der Waals surface area contributed by atoms with Crippen molar-refractivity contribution < 1.29 is 27.9 Å². The van der Waals surface area contributed by atoms with E-state index in [1.807, 2.05) is 32.0 Å². The van der Waals surface area contributed by atoms with Crippen molar-refractivity contribution in [3.05, 3.63) is 34.9 Å². The number of carbonyl (C=O) groups excluding carboxylic acids is 1. The van der Waals surface area contributed by atoms with E-state index in [4.69, 9.17) is 9.84 Å². The summed E-state index contributed by atoms with van der Waals surface area (Å²) >= 11 is 0. The van der Waals surface area contributed by atoms with Gasteiger partial charge in [0.05, 0.1) is 25.4 Å². The lowest BCUT2D eigenvalue weighted by molar-refractivity contribution is -0.140. The van der Waals surface area contributed by atoms with Crippen LogP contribution in [-0.4, -0.2) is 79.8 Å². The van der Waals surface area contributed by atoms with Crippen molar-refractivity contribution in [1.82, 2.24) is 9.21 Å². The third kappa shape index (κ3) is 6.30. The van der Waals surface area contributed by atoms with E-state index in [1.165, 1.54) is 0 Å². The number of carboxylic acids is 1. The van der Waals surface area contributed by atoms with Crippen molar-refractivity contribution in [3.8, 4) is 0 Å². The summed E-state index contributed by atoms with van der Waals surface area (Å²) in [6.07, 6.45) is 0.670. The Kier molecular flexibility index (Phi) is 6.96. The molecule has 8 nitrogen and oxygen atoms in total. The molecule has 0 spiro atoms. The van der Waals surface area contributed by atoms with Gasteiger partial charge in [-0.15, -0.1) is 0 Å². The molecular weight excluding hydrogens is 372 g/mol. The van der Waals surface area contributed by atoms with Crippen molar-refractivity contribution in [3.63, 3.8) is 0 Å². The Labute approximate surface area is 159 Å². The van der Waals surface area contributed by atoms with Gasteiger partial charge in [-0.05, 0) is 25.0 Å². The van der Waals surface area contributed by atoms with Crippen molar-refractivity contribution in [1.29, 1.82) is 0 Å². The molecule has 1 saturated heterocycles. The minimum Gasteiger partial charge on any atom is -0.480 e. The highest BCUT2D eigenvalue weighted by Gasteiger charge is 2.29. The lowest BCUT2D eigenvalue weighted by Crippen LogP contribution is -2.51. The highest BCUT2D eigenvalue weighted by Crippen LogP contribution is 2.15. The number of hydrogen-bond acceptors (Lipinski definition) is 5. The molecule has 1 N–H and O–H groups in total. The average Bonchev–Trinajstić information content (AvgIpc) is 2.56. The Morgan fingerprint density at radius 2 is 2.04 bits per heavy atom. The molecule has 1 aliphatic heterocycles. The zero-order chi connectivity index (χ0) is 20.2. The van der Waals surface area contributed by atoms with Crippen LogP contribution in [0, 0.1) is 13.8 Å². The Hall–Kier alpha value is -1.97. The molecular formula is C18H26N2O6S. The number of nitrogens with zero attached hydrogens (tertiary/aromatic N) is 2. The second-order valence-electron chi connectivity index (χ2n) is 6.89. The highest BCUT2D eigenvalue weighted by atomic mass is 32.2. The number of ether oxygens (including phenoxy) is 1. The minimum absolute atomic E-state index is 0.0545. The fourth-order valence-corrected chi connectivity index (χ4v) is 3.80. The number of aryl methyl sites for hydroxylation is 2. The molecule has 150 valence electrons. The molecule has 0 aliphatic carbocycles. The van der Waals surface area contributed by atoms with Gasteiger partial charge in [0.25, 0.3) is 0 Å². The molecule has 2 rings (SSSR count). The van der Waals surface area contributed by atoms with Crippen LogP contribution in [0.2, 0.25) is 0 Å². The zero-order valence-corrected chi connectivity index (χ0v) is 16.7. The highest BCUT2D eigenvalue weighted by molar-refractivity contribution is 7.88. The standard InChI is InChI=1S/C18H26N2O6S/c1-13-4-5-14(2)15(8-13)9-17(21)19-6-7-26-16(10-19)11-20(12-18(22)23)27(3,24)25/h4-5,8,16H,6-7,9-12H2,1-3H3,(H,22,23). The largest absolute Gasteiger partial charge is 0.480 e. The van der Waals surface area contributed by atoms with Gasteiger partial charge in [0.15, 0.2) is 0 Å². The fraction of sp³-hybridized carbons (Fsp3) is 0.556. The van der Waals surface area contributed by atoms with Crippen LogP contribution in [0.3, 0.4) is 0 Å². The summed E-state index contributed by atoms with van der Waals surface area (Å²) < 4.78 is 30.0. The number of benzene rings is 1. The molecule has 1 heterocycles. The summed E-state index contributed by atoms with van der Waals surface area (Å²) in [6.45, 7) is 4.15. The van der Waals surface area contributed by atoms with E-state index in [0.29, 0.717) is 6.54 Å². The third-order valence-corrected chi connectivity index (χ3v) is 5.74. The van der Waals surface area contributed by atoms with Crippen molar-refractivity contribution in [2.45, 2.75) is 26.4 Å². The Morgan fingerprint density at radius 1 is 1.33 bits per heavy atom. The van der Waals surface area contributed by atoms with Crippen LogP contribution in [0.4, 0.5) is 0 Å². The Balaban J connectivity index is 2.03. The van der Waals surface area contributed by atoms with Crippen LogP contribution in [0.1, 0.15) is 16.7 Å². The maximum absolute atomic E-state index is 12.7. The predicted molar refractivity (Wildman–Crippen MR) is 100.0 cm³/mol. The number of aliphatic carboxylic acids is 1. The quantitative estimate of drug-likeness (QED) is 0.714. The van der Waals surface area contributed by atoms with Gasteiger partial charge in [-0.25, -0.2) is 8.42 Å². The second kappa shape index (κ2) is 8.81. The smallest absolute Gasteiger partial charge is 0.318 e. The predicted octanol–water partition coefficient (Wildman–Crippen LogP) is 0.420. The number of sulfonamides is 1. The maximum atomic E-state index is 12.7. The molecule has 1 aliphatic rings. The summed E-state index contributed by atoms with van der Waals surface area (Å²) in [6, 6.07) is 5.97. The van der Waals surface area contributed by atoms with Gasteiger partial charge in [0, 0.05) is 19.6 Å². The molecule has 27 heavy (non-hydrogen) atoms. The first-order chi connectivity index (χ1) is 12.6. The first-order valence-corrected chi connectivity index (χ1v) is 10.5. The molecule has 0 aromatic heterocycles. The first kappa shape index (κ1) is 21.3. The molecule has 1 aromatic rings. The van der Waals surface area contributed by atoms with Crippen LogP contribution in [0.25, 0.3) is 0 Å². The average molecular weight is 398 g/mol. The number of carbonyl (C=O) groups is 2. The van der Waals surface area contributed by atoms with Crippen molar-refractivity contribution >= 4 is 21.9 Å². The molecule has 1 fully saturated rings. The van der Waals surface area contributed by atoms with E-state index in [1.54, 1.807) is 4.90 Å². The summed E-state index contributed by atoms with van der Waals surface area (Å²) in [5.74, 6) is -1.29. The van der Waals surface area contributed by atoms with Gasteiger partial charge >= 0.3 is 5.97 Å². The third-order valence-electron chi connectivity index (χ3n) is 4.53. The number of morpholine rings is 1. The zero-order valence-electron chi connectivity index (χ0n) is 15.8. The van der Waals surface area contributed by atoms with E-state index in [0.717, 1.165) is 27.3 Å². The molecule has 0 bridgehead atoms. The lowest BCUT2D eigenvalue weighted by atomic mass is 10.0. The molecule has 1 amide bonds. The maximum Gasteiger partial charge on any atom is 0.318 e. The molecule has 0 saturated carbocycles. The van der Waals surface area contributed by atoms with Crippen LogP contribution in [0.5, 0.6) is 0 Å². The van der Waals surface area contributed by atoms with Crippen LogP contribution in [-0.2, 0) is 30.8 Å². The van der Waals surface area contributed by atoms with Crippen LogP contribution >= 0.6 is 0 Å². The monoisotopic (exact) mass is 398 g/mol. The lowest BCUT2D eigenvalue weighted by Gasteiger charge is -2.35. The van der Waals surface area contributed by atoms with Gasteiger partial charge in [-0.2, -0.15) is 4.31 Å². The van der Waals surface area contributed by atoms with Gasteiger partial charge in [-0.1, -0.05) is 23.8 Å². The van der Waals surface area contributed by atoms with Gasteiger partial charge in [0.1, 0.15) is 6.54 Å². The van der Waals surface area contributed by atoms with Crippen molar-refractivity contribution in [2.75, 3.05) is 39.0 Å². The van der Waals surface area contributed by atoms with E-state index in [-0.39, 0.29) is 32.0 Å². The number of hydrogen-bond donors (Lipinski definition) is 1. The van der Waals surface area contributed by atoms with E-state index in [2.05, 4.69) is 0 Å². The summed E-state index contributed by atoms with van der Waals surface area (Å²) in [7, 11) is -3.69. The normalized spacial score (nSPS) is 17.9. The van der Waals surface area contributed by atoms with Crippen LogP contribution in [0.15, 0.2) is 18.2 Å². The molecule has 9 heteroatoms. The minimum atomic E-state index is -3.69.